The molecule has 0 saturated heterocycles. The van der Waals surface area contributed by atoms with Gasteiger partial charge in [0.25, 0.3) is 0 Å². The van der Waals surface area contributed by atoms with Crippen LogP contribution in [-0.4, -0.2) is 21.3 Å². The van der Waals surface area contributed by atoms with E-state index >= 15 is 0 Å². The Morgan fingerprint density at radius 1 is 1.48 bits per heavy atom. The molecule has 0 bridgehead atoms. The monoisotopic (exact) mass is 311 g/mol. The van der Waals surface area contributed by atoms with Gasteiger partial charge in [-0.25, -0.2) is 0 Å². The summed E-state index contributed by atoms with van der Waals surface area (Å²) in [5.74, 6) is 0.321. The highest BCUT2D eigenvalue weighted by Crippen LogP contribution is 2.17. The Bertz CT molecular complexity index is 768. The summed E-state index contributed by atoms with van der Waals surface area (Å²) in [7, 11) is 1.87. The number of rotatable bonds is 6. The van der Waals surface area contributed by atoms with Gasteiger partial charge in [0.15, 0.2) is 5.84 Å². The van der Waals surface area contributed by atoms with Crippen LogP contribution in [-0.2, 0) is 13.7 Å². The highest BCUT2D eigenvalue weighted by atomic mass is 16.5. The molecular weight excluding hydrogens is 294 g/mol. The van der Waals surface area contributed by atoms with Crippen molar-refractivity contribution in [3.63, 3.8) is 0 Å². The zero-order valence-corrected chi connectivity index (χ0v) is 12.9. The molecule has 0 unspecified atom stereocenters. The van der Waals surface area contributed by atoms with Crippen LogP contribution in [0, 0.1) is 23.7 Å². The van der Waals surface area contributed by atoms with Gasteiger partial charge in [-0.15, -0.1) is 0 Å². The highest BCUT2D eigenvalue weighted by molar-refractivity contribution is 6.45. The number of nitrogens with one attached hydrogen (secondary N) is 2. The lowest BCUT2D eigenvalue weighted by Gasteiger charge is -2.06. The molecule has 2 aromatic rings. The average molecular weight is 311 g/mol. The SMILES string of the molecule is Cc1nn(C)cc1COc1ccc(N/N=C(\C#N)C(=N)N)cc1. The van der Waals surface area contributed by atoms with E-state index < -0.39 is 0 Å². The topological polar surface area (TPSA) is 125 Å². The maximum Gasteiger partial charge on any atom is 0.201 e. The van der Waals surface area contributed by atoms with E-state index in [0.29, 0.717) is 18.0 Å². The third-order valence-electron chi connectivity index (χ3n) is 3.02. The number of hydrogen-bond donors (Lipinski definition) is 3. The van der Waals surface area contributed by atoms with Crippen molar-refractivity contribution < 1.29 is 4.74 Å². The van der Waals surface area contributed by atoms with E-state index in [0.717, 1.165) is 11.3 Å². The third-order valence-corrected chi connectivity index (χ3v) is 3.02. The molecule has 0 amide bonds. The van der Waals surface area contributed by atoms with Gasteiger partial charge in [-0.1, -0.05) is 0 Å². The summed E-state index contributed by atoms with van der Waals surface area (Å²) in [6.07, 6.45) is 1.92. The number of nitrogens with zero attached hydrogens (tertiary/aromatic N) is 4. The van der Waals surface area contributed by atoms with Crippen molar-refractivity contribution in [3.05, 3.63) is 41.7 Å². The Morgan fingerprint density at radius 3 is 2.70 bits per heavy atom. The number of aryl methyl sites for hydroxylation is 2. The number of ether oxygens (including phenoxy) is 1. The number of nitrogens with two attached hydrogens (primary N) is 1. The molecule has 1 aromatic carbocycles. The van der Waals surface area contributed by atoms with Crippen LogP contribution in [0.15, 0.2) is 35.6 Å². The number of amidine groups is 1. The van der Waals surface area contributed by atoms with Crippen LogP contribution >= 0.6 is 0 Å². The molecule has 0 aliphatic carbocycles. The van der Waals surface area contributed by atoms with Crippen LogP contribution in [0.4, 0.5) is 5.69 Å². The van der Waals surface area contributed by atoms with Crippen LogP contribution in [0.5, 0.6) is 5.75 Å². The van der Waals surface area contributed by atoms with Crippen molar-refractivity contribution in [2.45, 2.75) is 13.5 Å². The van der Waals surface area contributed by atoms with E-state index in [1.165, 1.54) is 0 Å². The van der Waals surface area contributed by atoms with Gasteiger partial charge in [0.05, 0.1) is 11.4 Å². The van der Waals surface area contributed by atoms with Gasteiger partial charge in [-0.2, -0.15) is 15.5 Å². The van der Waals surface area contributed by atoms with Crippen LogP contribution < -0.4 is 15.9 Å². The van der Waals surface area contributed by atoms with Gasteiger partial charge in [0, 0.05) is 18.8 Å². The Balaban J connectivity index is 1.96. The minimum atomic E-state index is -0.383. The van der Waals surface area contributed by atoms with Crippen molar-refractivity contribution in [1.29, 1.82) is 10.7 Å². The van der Waals surface area contributed by atoms with Crippen molar-refractivity contribution in [2.75, 3.05) is 5.43 Å². The Hall–Kier alpha value is -3.34. The van der Waals surface area contributed by atoms with Gasteiger partial charge >= 0.3 is 0 Å². The maximum atomic E-state index is 8.75. The molecule has 0 spiro atoms. The van der Waals surface area contributed by atoms with Gasteiger partial charge in [-0.05, 0) is 31.2 Å². The fourth-order valence-corrected chi connectivity index (χ4v) is 1.84. The molecule has 4 N–H and O–H groups in total. The van der Waals surface area contributed by atoms with Crippen molar-refractivity contribution in [3.8, 4) is 11.8 Å². The van der Waals surface area contributed by atoms with Crippen LogP contribution in [0.2, 0.25) is 0 Å². The molecule has 1 aromatic heterocycles. The average Bonchev–Trinajstić information content (AvgIpc) is 2.84. The molecule has 1 heterocycles. The lowest BCUT2D eigenvalue weighted by Crippen LogP contribution is -2.21. The highest BCUT2D eigenvalue weighted by Gasteiger charge is 2.04. The van der Waals surface area contributed by atoms with Gasteiger partial charge in [0.2, 0.25) is 5.71 Å². The summed E-state index contributed by atoms with van der Waals surface area (Å²) in [5.41, 5.74) is 10.3. The number of anilines is 1. The molecule has 0 saturated carbocycles. The molecule has 0 aliphatic rings. The number of hydrogen-bond acceptors (Lipinski definition) is 6. The first-order valence-corrected chi connectivity index (χ1v) is 6.79. The quantitative estimate of drug-likeness (QED) is 0.424. The molecule has 118 valence electrons. The molecule has 23 heavy (non-hydrogen) atoms. The van der Waals surface area contributed by atoms with Crippen LogP contribution in [0.1, 0.15) is 11.3 Å². The fraction of sp³-hybridized carbons (Fsp3) is 0.200. The summed E-state index contributed by atoms with van der Waals surface area (Å²) in [4.78, 5) is 0. The number of aromatic nitrogens is 2. The maximum absolute atomic E-state index is 8.75. The van der Waals surface area contributed by atoms with Gasteiger partial charge in [0.1, 0.15) is 18.4 Å². The summed E-state index contributed by atoms with van der Waals surface area (Å²) < 4.78 is 7.45. The Labute approximate surface area is 133 Å². The standard InChI is InChI=1S/C15H17N7O/c1-10-11(8-22(2)21-10)9-23-13-5-3-12(4-6-13)19-20-14(7-16)15(17)18/h3-6,8,19H,9H2,1-2H3,(H3,17,18)/b20-14+. The van der Waals surface area contributed by atoms with Crippen LogP contribution in [0.25, 0.3) is 0 Å². The fourth-order valence-electron chi connectivity index (χ4n) is 1.84. The van der Waals surface area contributed by atoms with E-state index in [1.807, 2.05) is 20.2 Å². The molecule has 8 heteroatoms. The number of nitriles is 1. The molecule has 0 radical (unpaired) electrons. The van der Waals surface area contributed by atoms with E-state index in [-0.39, 0.29) is 11.5 Å². The smallest absolute Gasteiger partial charge is 0.201 e. The molecule has 0 fully saturated rings. The molecule has 0 aliphatic heterocycles. The Morgan fingerprint density at radius 2 is 2.17 bits per heavy atom. The molecule has 0 atom stereocenters. The minimum absolute atomic E-state index is 0.169. The summed E-state index contributed by atoms with van der Waals surface area (Å²) in [5, 5.41) is 23.9. The van der Waals surface area contributed by atoms with Gasteiger partial charge < -0.3 is 10.5 Å². The first-order valence-electron chi connectivity index (χ1n) is 6.79. The second-order valence-electron chi connectivity index (χ2n) is 4.82. The van der Waals surface area contributed by atoms with E-state index in [1.54, 1.807) is 35.0 Å². The number of hydrazone groups is 1. The minimum Gasteiger partial charge on any atom is -0.489 e. The van der Waals surface area contributed by atoms with Crippen molar-refractivity contribution in [1.82, 2.24) is 9.78 Å². The molecular formula is C15H17N7O. The normalized spacial score (nSPS) is 10.9. The zero-order chi connectivity index (χ0) is 16.8. The molecule has 2 rings (SSSR count). The van der Waals surface area contributed by atoms with E-state index in [4.69, 9.17) is 21.1 Å². The zero-order valence-electron chi connectivity index (χ0n) is 12.9. The van der Waals surface area contributed by atoms with Gasteiger partial charge in [-0.3, -0.25) is 15.5 Å². The van der Waals surface area contributed by atoms with Crippen molar-refractivity contribution in [2.24, 2.45) is 17.9 Å². The first-order chi connectivity index (χ1) is 11.0. The van der Waals surface area contributed by atoms with E-state index in [9.17, 15) is 0 Å². The van der Waals surface area contributed by atoms with E-state index in [2.05, 4.69) is 15.6 Å². The first kappa shape index (κ1) is 16.0. The largest absolute Gasteiger partial charge is 0.489 e. The third kappa shape index (κ3) is 4.31. The summed E-state index contributed by atoms with van der Waals surface area (Å²) in [6, 6.07) is 8.80. The second-order valence-corrected chi connectivity index (χ2v) is 4.82. The van der Waals surface area contributed by atoms with Crippen molar-refractivity contribution >= 4 is 17.2 Å². The second kappa shape index (κ2) is 7.09. The summed E-state index contributed by atoms with van der Waals surface area (Å²) in [6.45, 7) is 2.37. The number of benzene rings is 1. The summed E-state index contributed by atoms with van der Waals surface area (Å²) >= 11 is 0. The Kier molecular flexibility index (Phi) is 4.94. The lowest BCUT2D eigenvalue weighted by atomic mass is 10.3. The molecule has 8 nitrogen and oxygen atoms in total. The lowest BCUT2D eigenvalue weighted by molar-refractivity contribution is 0.305. The predicted octanol–water partition coefficient (Wildman–Crippen LogP) is 1.53. The van der Waals surface area contributed by atoms with Crippen LogP contribution in [0.3, 0.4) is 0 Å². The predicted molar refractivity (Wildman–Crippen MR) is 87.3 cm³/mol.